The van der Waals surface area contributed by atoms with Gasteiger partial charge in [-0.1, -0.05) is 6.07 Å². The summed E-state index contributed by atoms with van der Waals surface area (Å²) < 4.78 is 15.5. The number of aryl methyl sites for hydroxylation is 1. The lowest BCUT2D eigenvalue weighted by molar-refractivity contribution is -0.116. The zero-order valence-corrected chi connectivity index (χ0v) is 13.9. The van der Waals surface area contributed by atoms with Gasteiger partial charge in [-0.3, -0.25) is 4.79 Å². The van der Waals surface area contributed by atoms with Crippen molar-refractivity contribution in [2.45, 2.75) is 19.8 Å². The lowest BCUT2D eigenvalue weighted by Crippen LogP contribution is -2.12. The van der Waals surface area contributed by atoms with Crippen molar-refractivity contribution in [2.24, 2.45) is 0 Å². The molecule has 2 aromatic carbocycles. The number of ether oxygens (including phenoxy) is 3. The van der Waals surface area contributed by atoms with E-state index in [1.54, 1.807) is 31.2 Å². The summed E-state index contributed by atoms with van der Waals surface area (Å²) in [6.07, 6.45) is 0.947. The molecule has 0 bridgehead atoms. The summed E-state index contributed by atoms with van der Waals surface area (Å²) >= 11 is 0. The minimum atomic E-state index is -0.372. The van der Waals surface area contributed by atoms with Crippen molar-refractivity contribution in [2.75, 3.05) is 18.7 Å². The summed E-state index contributed by atoms with van der Waals surface area (Å²) in [6, 6.07) is 12.3. The molecule has 0 spiro atoms. The second kappa shape index (κ2) is 7.70. The van der Waals surface area contributed by atoms with Crippen molar-refractivity contribution in [1.82, 2.24) is 0 Å². The average Bonchev–Trinajstić information content (AvgIpc) is 3.08. The van der Waals surface area contributed by atoms with Gasteiger partial charge in [0.05, 0.1) is 12.2 Å². The van der Waals surface area contributed by atoms with Crippen LogP contribution < -0.4 is 14.8 Å². The first-order chi connectivity index (χ1) is 12.2. The Morgan fingerprint density at radius 1 is 1.08 bits per heavy atom. The van der Waals surface area contributed by atoms with Crippen LogP contribution in [0.3, 0.4) is 0 Å². The molecule has 2 aromatic rings. The van der Waals surface area contributed by atoms with Crippen LogP contribution in [0, 0.1) is 0 Å². The molecule has 6 heteroatoms. The van der Waals surface area contributed by atoms with Gasteiger partial charge in [0.25, 0.3) is 0 Å². The quantitative estimate of drug-likeness (QED) is 0.817. The van der Waals surface area contributed by atoms with Crippen molar-refractivity contribution >= 4 is 17.6 Å². The maximum Gasteiger partial charge on any atom is 0.338 e. The molecule has 0 unspecified atom stereocenters. The Bertz CT molecular complexity index is 770. The van der Waals surface area contributed by atoms with Crippen LogP contribution in [0.2, 0.25) is 0 Å². The minimum Gasteiger partial charge on any atom is -0.462 e. The Hall–Kier alpha value is -3.02. The fraction of sp³-hybridized carbons (Fsp3) is 0.263. The fourth-order valence-corrected chi connectivity index (χ4v) is 2.48. The van der Waals surface area contributed by atoms with Gasteiger partial charge in [-0.15, -0.1) is 0 Å². The van der Waals surface area contributed by atoms with E-state index in [0.717, 1.165) is 11.3 Å². The number of rotatable bonds is 6. The van der Waals surface area contributed by atoms with Crippen molar-refractivity contribution in [1.29, 1.82) is 0 Å². The molecule has 6 nitrogen and oxygen atoms in total. The molecule has 0 fully saturated rings. The Morgan fingerprint density at radius 2 is 1.84 bits per heavy atom. The van der Waals surface area contributed by atoms with E-state index in [2.05, 4.69) is 5.32 Å². The van der Waals surface area contributed by atoms with Gasteiger partial charge < -0.3 is 19.5 Å². The molecule has 3 rings (SSSR count). The molecule has 0 aliphatic carbocycles. The van der Waals surface area contributed by atoms with Gasteiger partial charge in [0, 0.05) is 12.1 Å². The molecule has 0 aromatic heterocycles. The highest BCUT2D eigenvalue weighted by atomic mass is 16.7. The van der Waals surface area contributed by atoms with E-state index in [1.165, 1.54) is 0 Å². The van der Waals surface area contributed by atoms with Crippen molar-refractivity contribution in [3.8, 4) is 11.5 Å². The first kappa shape index (κ1) is 16.8. The van der Waals surface area contributed by atoms with Crippen molar-refractivity contribution in [3.05, 3.63) is 53.6 Å². The van der Waals surface area contributed by atoms with Crippen LogP contribution in [0.25, 0.3) is 0 Å². The topological polar surface area (TPSA) is 73.9 Å². The maximum absolute atomic E-state index is 12.1. The van der Waals surface area contributed by atoms with Gasteiger partial charge in [0.1, 0.15) is 0 Å². The van der Waals surface area contributed by atoms with Crippen LogP contribution in [-0.4, -0.2) is 25.3 Å². The van der Waals surface area contributed by atoms with E-state index in [1.807, 2.05) is 18.2 Å². The van der Waals surface area contributed by atoms with Crippen molar-refractivity contribution in [3.63, 3.8) is 0 Å². The molecule has 0 atom stereocenters. The molecule has 130 valence electrons. The zero-order valence-electron chi connectivity index (χ0n) is 13.9. The lowest BCUT2D eigenvalue weighted by Gasteiger charge is -2.07. The standard InChI is InChI=1S/C19H19NO5/c1-2-23-19(22)14-5-7-15(8-6-14)20-18(21)10-4-13-3-9-16-17(11-13)25-12-24-16/h3,5-9,11H,2,4,10,12H2,1H3,(H,20,21). The molecular weight excluding hydrogens is 322 g/mol. The number of anilines is 1. The normalized spacial score (nSPS) is 11.9. The largest absolute Gasteiger partial charge is 0.462 e. The molecule has 1 aliphatic rings. The van der Waals surface area contributed by atoms with Gasteiger partial charge >= 0.3 is 5.97 Å². The number of amides is 1. The highest BCUT2D eigenvalue weighted by Crippen LogP contribution is 2.32. The molecular formula is C19H19NO5. The Morgan fingerprint density at radius 3 is 2.60 bits per heavy atom. The minimum absolute atomic E-state index is 0.0958. The Kier molecular flexibility index (Phi) is 5.18. The molecule has 1 N–H and O–H groups in total. The van der Waals surface area contributed by atoms with Crippen LogP contribution in [0.4, 0.5) is 5.69 Å². The van der Waals surface area contributed by atoms with Crippen molar-refractivity contribution < 1.29 is 23.8 Å². The summed E-state index contributed by atoms with van der Waals surface area (Å²) in [6.45, 7) is 2.32. The second-order valence-corrected chi connectivity index (χ2v) is 5.53. The maximum atomic E-state index is 12.1. The van der Waals surface area contributed by atoms with Gasteiger partial charge in [0.2, 0.25) is 12.7 Å². The number of hydrogen-bond acceptors (Lipinski definition) is 5. The molecule has 0 radical (unpaired) electrons. The number of esters is 1. The van der Waals surface area contributed by atoms with Crippen LogP contribution in [0.15, 0.2) is 42.5 Å². The molecule has 1 aliphatic heterocycles. The van der Waals surface area contributed by atoms with Crippen LogP contribution in [0.1, 0.15) is 29.3 Å². The van der Waals surface area contributed by atoms with E-state index in [4.69, 9.17) is 14.2 Å². The second-order valence-electron chi connectivity index (χ2n) is 5.53. The van der Waals surface area contributed by atoms with Gasteiger partial charge in [0.15, 0.2) is 11.5 Å². The number of nitrogens with one attached hydrogen (secondary N) is 1. The van der Waals surface area contributed by atoms with Gasteiger partial charge in [-0.2, -0.15) is 0 Å². The molecule has 1 heterocycles. The third-order valence-corrected chi connectivity index (χ3v) is 3.76. The number of fused-ring (bicyclic) bond motifs is 1. The van der Waals surface area contributed by atoms with Gasteiger partial charge in [-0.05, 0) is 55.3 Å². The first-order valence-corrected chi connectivity index (χ1v) is 8.11. The van der Waals surface area contributed by atoms with E-state index < -0.39 is 0 Å². The number of carbonyl (C=O) groups excluding carboxylic acids is 2. The molecule has 25 heavy (non-hydrogen) atoms. The molecule has 0 saturated carbocycles. The predicted molar refractivity (Wildman–Crippen MR) is 91.9 cm³/mol. The summed E-state index contributed by atoms with van der Waals surface area (Å²) in [5, 5.41) is 2.82. The lowest BCUT2D eigenvalue weighted by atomic mass is 10.1. The first-order valence-electron chi connectivity index (χ1n) is 8.11. The smallest absolute Gasteiger partial charge is 0.338 e. The predicted octanol–water partition coefficient (Wildman–Crippen LogP) is 3.16. The van der Waals surface area contributed by atoms with Crippen LogP contribution in [0.5, 0.6) is 11.5 Å². The molecule has 1 amide bonds. The Balaban J connectivity index is 1.51. The zero-order chi connectivity index (χ0) is 17.6. The third-order valence-electron chi connectivity index (χ3n) is 3.76. The number of hydrogen-bond donors (Lipinski definition) is 1. The van der Waals surface area contributed by atoms with Crippen LogP contribution >= 0.6 is 0 Å². The molecule has 0 saturated heterocycles. The van der Waals surface area contributed by atoms with E-state index >= 15 is 0 Å². The summed E-state index contributed by atoms with van der Waals surface area (Å²) in [5.41, 5.74) is 2.11. The third kappa shape index (κ3) is 4.29. The SMILES string of the molecule is CCOC(=O)c1ccc(NC(=O)CCc2ccc3c(c2)OCO3)cc1. The van der Waals surface area contributed by atoms with E-state index in [-0.39, 0.29) is 18.7 Å². The summed E-state index contributed by atoms with van der Waals surface area (Å²) in [7, 11) is 0. The Labute approximate surface area is 145 Å². The average molecular weight is 341 g/mol. The van der Waals surface area contributed by atoms with Gasteiger partial charge in [-0.25, -0.2) is 4.79 Å². The highest BCUT2D eigenvalue weighted by molar-refractivity contribution is 5.93. The fourth-order valence-electron chi connectivity index (χ4n) is 2.48. The monoisotopic (exact) mass is 341 g/mol. The highest BCUT2D eigenvalue weighted by Gasteiger charge is 2.13. The van der Waals surface area contributed by atoms with E-state index in [9.17, 15) is 9.59 Å². The number of carbonyl (C=O) groups is 2. The van der Waals surface area contributed by atoms with E-state index in [0.29, 0.717) is 36.4 Å². The summed E-state index contributed by atoms with van der Waals surface area (Å²) in [4.78, 5) is 23.7. The number of benzene rings is 2. The summed E-state index contributed by atoms with van der Waals surface area (Å²) in [5.74, 6) is 0.979. The van der Waals surface area contributed by atoms with Crippen LogP contribution in [-0.2, 0) is 16.0 Å².